The van der Waals surface area contributed by atoms with Gasteiger partial charge in [0, 0.05) is 18.4 Å². The van der Waals surface area contributed by atoms with Gasteiger partial charge >= 0.3 is 0 Å². The van der Waals surface area contributed by atoms with Crippen molar-refractivity contribution in [1.82, 2.24) is 10.3 Å². The Hall–Kier alpha value is -1.94. The maximum absolute atomic E-state index is 12.2. The molecule has 3 rings (SSSR count). The maximum atomic E-state index is 12.2. The standard InChI is InChI=1S/C19H25N3O/c1-15-7-4-5-13-22(15)14-6-12-20-19(23)18-11-10-16-8-2-3-9-17(16)21-18/h2-3,8-11,15H,4-7,12-14H2,1H3,(H,20,23)/p+1/t15-/m1/s1. The first kappa shape index (κ1) is 15.9. The highest BCUT2D eigenvalue weighted by Crippen LogP contribution is 2.11. The molecular weight excluding hydrogens is 286 g/mol. The molecule has 1 saturated heterocycles. The number of hydrogen-bond donors (Lipinski definition) is 2. The Bertz CT molecular complexity index is 670. The molecular formula is C19H26N3O+. The van der Waals surface area contributed by atoms with Crippen LogP contribution in [0.15, 0.2) is 36.4 Å². The molecule has 4 nitrogen and oxygen atoms in total. The van der Waals surface area contributed by atoms with Crippen LogP contribution in [0.4, 0.5) is 0 Å². The molecule has 1 amide bonds. The van der Waals surface area contributed by atoms with Gasteiger partial charge in [-0.3, -0.25) is 4.79 Å². The van der Waals surface area contributed by atoms with Crippen molar-refractivity contribution in [2.45, 2.75) is 38.6 Å². The SMILES string of the molecule is C[C@@H]1CCCC[NH+]1CCCNC(=O)c1ccc2ccccc2n1. The number of nitrogens with one attached hydrogen (secondary N) is 2. The fourth-order valence-electron chi connectivity index (χ4n) is 3.42. The molecule has 0 aliphatic carbocycles. The Kier molecular flexibility index (Phi) is 5.23. The number of para-hydroxylation sites is 1. The number of likely N-dealkylation sites (tertiary alicyclic amines) is 1. The largest absolute Gasteiger partial charge is 0.350 e. The topological polar surface area (TPSA) is 46.4 Å². The van der Waals surface area contributed by atoms with Crippen molar-refractivity contribution in [2.24, 2.45) is 0 Å². The number of rotatable bonds is 5. The molecule has 122 valence electrons. The second-order valence-electron chi connectivity index (χ2n) is 6.55. The molecule has 0 radical (unpaired) electrons. The molecule has 0 spiro atoms. The lowest BCUT2D eigenvalue weighted by molar-refractivity contribution is -0.928. The summed E-state index contributed by atoms with van der Waals surface area (Å²) in [5, 5.41) is 4.07. The zero-order chi connectivity index (χ0) is 16.1. The van der Waals surface area contributed by atoms with E-state index in [1.807, 2.05) is 30.3 Å². The normalized spacial score (nSPS) is 21.3. The molecule has 2 aromatic rings. The van der Waals surface area contributed by atoms with E-state index in [-0.39, 0.29) is 5.91 Å². The summed E-state index contributed by atoms with van der Waals surface area (Å²) in [6, 6.07) is 12.4. The molecule has 1 aliphatic heterocycles. The molecule has 1 aromatic carbocycles. The number of carbonyl (C=O) groups excluding carboxylic acids is 1. The van der Waals surface area contributed by atoms with Gasteiger partial charge < -0.3 is 10.2 Å². The van der Waals surface area contributed by atoms with Crippen LogP contribution in [0, 0.1) is 0 Å². The van der Waals surface area contributed by atoms with Crippen molar-refractivity contribution in [3.05, 3.63) is 42.1 Å². The highest BCUT2D eigenvalue weighted by Gasteiger charge is 2.20. The van der Waals surface area contributed by atoms with E-state index >= 15 is 0 Å². The van der Waals surface area contributed by atoms with E-state index in [0.717, 1.165) is 36.5 Å². The molecule has 4 heteroatoms. The summed E-state index contributed by atoms with van der Waals surface area (Å²) in [5.74, 6) is -0.0718. The zero-order valence-corrected chi connectivity index (χ0v) is 13.8. The van der Waals surface area contributed by atoms with Gasteiger partial charge in [0.2, 0.25) is 0 Å². The highest BCUT2D eigenvalue weighted by atomic mass is 16.1. The molecule has 1 aliphatic rings. The molecule has 2 N–H and O–H groups in total. The van der Waals surface area contributed by atoms with Gasteiger partial charge in [-0.1, -0.05) is 24.3 Å². The average Bonchev–Trinajstić information content (AvgIpc) is 2.59. The van der Waals surface area contributed by atoms with Crippen molar-refractivity contribution >= 4 is 16.8 Å². The number of amides is 1. The smallest absolute Gasteiger partial charge is 0.269 e. The van der Waals surface area contributed by atoms with Crippen LogP contribution in [-0.4, -0.2) is 36.6 Å². The number of piperidine rings is 1. The van der Waals surface area contributed by atoms with Crippen LogP contribution < -0.4 is 10.2 Å². The van der Waals surface area contributed by atoms with E-state index in [2.05, 4.69) is 17.2 Å². The summed E-state index contributed by atoms with van der Waals surface area (Å²) in [6.45, 7) is 5.49. The molecule has 0 bridgehead atoms. The predicted octanol–water partition coefficient (Wildman–Crippen LogP) is 1.81. The van der Waals surface area contributed by atoms with E-state index in [0.29, 0.717) is 5.69 Å². The fraction of sp³-hybridized carbons (Fsp3) is 0.474. The van der Waals surface area contributed by atoms with Crippen LogP contribution in [-0.2, 0) is 0 Å². The first-order chi connectivity index (χ1) is 11.2. The summed E-state index contributed by atoms with van der Waals surface area (Å²) in [4.78, 5) is 18.4. The number of hydrogen-bond acceptors (Lipinski definition) is 2. The average molecular weight is 312 g/mol. The van der Waals surface area contributed by atoms with Crippen LogP contribution in [0.1, 0.15) is 43.1 Å². The van der Waals surface area contributed by atoms with Gasteiger partial charge in [0.1, 0.15) is 5.69 Å². The van der Waals surface area contributed by atoms with E-state index in [4.69, 9.17) is 0 Å². The first-order valence-electron chi connectivity index (χ1n) is 8.72. The number of fused-ring (bicyclic) bond motifs is 1. The lowest BCUT2D eigenvalue weighted by Crippen LogP contribution is -3.16. The maximum Gasteiger partial charge on any atom is 0.269 e. The van der Waals surface area contributed by atoms with Crippen molar-refractivity contribution in [2.75, 3.05) is 19.6 Å². The fourth-order valence-corrected chi connectivity index (χ4v) is 3.42. The third kappa shape index (κ3) is 4.08. The number of carbonyl (C=O) groups is 1. The highest BCUT2D eigenvalue weighted by molar-refractivity contribution is 5.94. The summed E-state index contributed by atoms with van der Waals surface area (Å²) in [5.41, 5.74) is 1.37. The summed E-state index contributed by atoms with van der Waals surface area (Å²) < 4.78 is 0. The molecule has 0 saturated carbocycles. The number of pyridine rings is 1. The van der Waals surface area contributed by atoms with Gasteiger partial charge in [0.15, 0.2) is 0 Å². The number of nitrogens with zero attached hydrogens (tertiary/aromatic N) is 1. The Labute approximate surface area is 137 Å². The van der Waals surface area contributed by atoms with Crippen molar-refractivity contribution in [3.63, 3.8) is 0 Å². The third-order valence-electron chi connectivity index (χ3n) is 4.87. The van der Waals surface area contributed by atoms with Gasteiger partial charge in [-0.15, -0.1) is 0 Å². The van der Waals surface area contributed by atoms with Gasteiger partial charge in [-0.2, -0.15) is 0 Å². The van der Waals surface area contributed by atoms with E-state index in [1.54, 1.807) is 11.0 Å². The van der Waals surface area contributed by atoms with Crippen LogP contribution >= 0.6 is 0 Å². The quantitative estimate of drug-likeness (QED) is 0.827. The minimum atomic E-state index is -0.0718. The van der Waals surface area contributed by atoms with Gasteiger partial charge in [-0.25, -0.2) is 4.98 Å². The minimum Gasteiger partial charge on any atom is -0.350 e. The monoisotopic (exact) mass is 312 g/mol. The molecule has 2 atom stereocenters. The lowest BCUT2D eigenvalue weighted by Gasteiger charge is -2.30. The Morgan fingerprint density at radius 2 is 2.13 bits per heavy atom. The van der Waals surface area contributed by atoms with Crippen LogP contribution in [0.5, 0.6) is 0 Å². The lowest BCUT2D eigenvalue weighted by atomic mass is 10.0. The summed E-state index contributed by atoms with van der Waals surface area (Å²) in [7, 11) is 0. The van der Waals surface area contributed by atoms with Crippen LogP contribution in [0.2, 0.25) is 0 Å². The third-order valence-corrected chi connectivity index (χ3v) is 4.87. The van der Waals surface area contributed by atoms with E-state index in [9.17, 15) is 4.79 Å². The van der Waals surface area contributed by atoms with Gasteiger partial charge in [0.25, 0.3) is 5.91 Å². The van der Waals surface area contributed by atoms with Crippen LogP contribution in [0.3, 0.4) is 0 Å². The second kappa shape index (κ2) is 7.55. The van der Waals surface area contributed by atoms with Crippen molar-refractivity contribution < 1.29 is 9.69 Å². The number of aromatic nitrogens is 1. The first-order valence-corrected chi connectivity index (χ1v) is 8.72. The molecule has 1 fully saturated rings. The van der Waals surface area contributed by atoms with E-state index in [1.165, 1.54) is 25.8 Å². The Balaban J connectivity index is 1.48. The van der Waals surface area contributed by atoms with E-state index < -0.39 is 0 Å². The molecule has 1 unspecified atom stereocenters. The second-order valence-corrected chi connectivity index (χ2v) is 6.55. The summed E-state index contributed by atoms with van der Waals surface area (Å²) in [6.07, 6.45) is 5.07. The minimum absolute atomic E-state index is 0.0718. The number of quaternary nitrogens is 1. The summed E-state index contributed by atoms with van der Waals surface area (Å²) >= 11 is 0. The number of benzene rings is 1. The molecule has 2 heterocycles. The molecule has 23 heavy (non-hydrogen) atoms. The van der Waals surface area contributed by atoms with Gasteiger partial charge in [-0.05, 0) is 38.3 Å². The Morgan fingerprint density at radius 1 is 1.26 bits per heavy atom. The predicted molar refractivity (Wildman–Crippen MR) is 92.7 cm³/mol. The Morgan fingerprint density at radius 3 is 3.00 bits per heavy atom. The zero-order valence-electron chi connectivity index (χ0n) is 13.8. The van der Waals surface area contributed by atoms with Crippen molar-refractivity contribution in [3.8, 4) is 0 Å². The van der Waals surface area contributed by atoms with Gasteiger partial charge in [0.05, 0.1) is 24.6 Å². The molecule has 1 aromatic heterocycles. The van der Waals surface area contributed by atoms with Crippen molar-refractivity contribution in [1.29, 1.82) is 0 Å². The van der Waals surface area contributed by atoms with Crippen LogP contribution in [0.25, 0.3) is 10.9 Å².